The predicted molar refractivity (Wildman–Crippen MR) is 86.4 cm³/mol. The van der Waals surface area contributed by atoms with E-state index >= 15 is 0 Å². The third-order valence-corrected chi connectivity index (χ3v) is 5.58. The maximum Gasteiger partial charge on any atom is 0.514 e. The molecule has 0 fully saturated rings. The number of ether oxygens (including phenoxy) is 2. The second kappa shape index (κ2) is 6.99. The van der Waals surface area contributed by atoms with E-state index in [2.05, 4.69) is 14.2 Å². The van der Waals surface area contributed by atoms with E-state index < -0.39 is 36.4 Å². The van der Waals surface area contributed by atoms with Crippen LogP contribution in [0.15, 0.2) is 34.0 Å². The Morgan fingerprint density at radius 1 is 1.40 bits per heavy atom. The Hall–Kier alpha value is -2.16. The van der Waals surface area contributed by atoms with Crippen LogP contribution in [0.2, 0.25) is 0 Å². The van der Waals surface area contributed by atoms with Crippen LogP contribution in [-0.4, -0.2) is 39.2 Å². The van der Waals surface area contributed by atoms with E-state index in [0.29, 0.717) is 6.42 Å². The summed E-state index contributed by atoms with van der Waals surface area (Å²) in [6.07, 6.45) is 3.09. The fourth-order valence-corrected chi connectivity index (χ4v) is 3.08. The average molecular weight is 374 g/mol. The summed E-state index contributed by atoms with van der Waals surface area (Å²) in [7, 11) is -3.46. The maximum absolute atomic E-state index is 12.2. The van der Waals surface area contributed by atoms with E-state index in [0.717, 1.165) is 7.11 Å². The number of hydrogen-bond acceptors (Lipinski definition) is 7. The molecule has 138 valence electrons. The van der Waals surface area contributed by atoms with Gasteiger partial charge in [0.1, 0.15) is 0 Å². The van der Waals surface area contributed by atoms with E-state index in [1.807, 2.05) is 0 Å². The Balaban J connectivity index is 2.08. The molecule has 1 heterocycles. The minimum absolute atomic E-state index is 0.299. The SMILES string of the molecule is COC(=O)OP(=O)(O)C(C)(C)O[C@H]1C=C[C@@H](n2ccc(=O)[nH]c2=O)C1. The fourth-order valence-electron chi connectivity index (χ4n) is 2.31. The highest BCUT2D eigenvalue weighted by molar-refractivity contribution is 7.54. The molecule has 1 aliphatic rings. The Morgan fingerprint density at radius 2 is 2.08 bits per heavy atom. The summed E-state index contributed by atoms with van der Waals surface area (Å²) in [5.74, 6) is 0. The molecule has 0 aliphatic heterocycles. The van der Waals surface area contributed by atoms with Crippen LogP contribution in [0.5, 0.6) is 0 Å². The van der Waals surface area contributed by atoms with Gasteiger partial charge in [-0.25, -0.2) is 14.2 Å². The fraction of sp³-hybridized carbons (Fsp3) is 0.500. The van der Waals surface area contributed by atoms with Gasteiger partial charge in [-0.05, 0) is 13.8 Å². The number of nitrogens with one attached hydrogen (secondary N) is 1. The Morgan fingerprint density at radius 3 is 2.68 bits per heavy atom. The summed E-state index contributed by atoms with van der Waals surface area (Å²) in [5.41, 5.74) is -1.07. The van der Waals surface area contributed by atoms with Gasteiger partial charge in [0.2, 0.25) is 0 Å². The Labute approximate surface area is 142 Å². The molecule has 11 heteroatoms. The molecule has 0 amide bonds. The zero-order valence-corrected chi connectivity index (χ0v) is 14.8. The number of aromatic nitrogens is 2. The normalized spacial score (nSPS) is 22.4. The first-order chi connectivity index (χ1) is 11.6. The van der Waals surface area contributed by atoms with Crippen molar-refractivity contribution in [1.82, 2.24) is 9.55 Å². The second-order valence-electron chi connectivity index (χ2n) is 5.87. The standard InChI is InChI=1S/C14H19N2O8P/c1-14(2,25(20,21)24-13(19)22-3)23-10-5-4-9(8-10)16-7-6-11(17)15-12(16)18/h4-7,9-10H,8H2,1-3H3,(H,20,21)(H,15,17,18)/t9-,10+/m1/s1. The van der Waals surface area contributed by atoms with Crippen LogP contribution >= 0.6 is 7.60 Å². The van der Waals surface area contributed by atoms with Gasteiger partial charge in [-0.2, -0.15) is 0 Å². The zero-order chi connectivity index (χ0) is 18.8. The largest absolute Gasteiger partial charge is 0.514 e. The summed E-state index contributed by atoms with van der Waals surface area (Å²) in [6.45, 7) is 2.62. The highest BCUT2D eigenvalue weighted by atomic mass is 31.2. The molecule has 0 saturated carbocycles. The third kappa shape index (κ3) is 4.28. The van der Waals surface area contributed by atoms with Gasteiger partial charge >= 0.3 is 19.4 Å². The summed E-state index contributed by atoms with van der Waals surface area (Å²) in [5, 5.41) is -1.69. The molecule has 0 radical (unpaired) electrons. The van der Waals surface area contributed by atoms with Crippen LogP contribution in [-0.2, 0) is 18.6 Å². The zero-order valence-electron chi connectivity index (χ0n) is 13.9. The molecular formula is C14H19N2O8P. The van der Waals surface area contributed by atoms with Gasteiger partial charge in [0, 0.05) is 18.7 Å². The second-order valence-corrected chi connectivity index (χ2v) is 8.17. The van der Waals surface area contributed by atoms with Crippen molar-refractivity contribution in [3.05, 3.63) is 45.3 Å². The number of hydrogen-bond donors (Lipinski definition) is 2. The highest BCUT2D eigenvalue weighted by Crippen LogP contribution is 2.56. The van der Waals surface area contributed by atoms with Crippen molar-refractivity contribution in [2.45, 2.75) is 37.8 Å². The lowest BCUT2D eigenvalue weighted by Crippen LogP contribution is -2.33. The molecule has 10 nitrogen and oxygen atoms in total. The maximum atomic E-state index is 12.2. The van der Waals surface area contributed by atoms with Gasteiger partial charge in [-0.1, -0.05) is 12.2 Å². The molecule has 1 aromatic rings. The minimum atomic E-state index is -4.48. The van der Waals surface area contributed by atoms with E-state index in [1.54, 1.807) is 12.2 Å². The van der Waals surface area contributed by atoms with Crippen LogP contribution in [0.4, 0.5) is 4.79 Å². The third-order valence-electron chi connectivity index (χ3n) is 3.72. The number of methoxy groups -OCH3 is 1. The average Bonchev–Trinajstić information content (AvgIpc) is 2.93. The minimum Gasteiger partial charge on any atom is -0.437 e. The van der Waals surface area contributed by atoms with Crippen molar-refractivity contribution >= 4 is 13.8 Å². The molecule has 0 aromatic carbocycles. The van der Waals surface area contributed by atoms with Gasteiger partial charge in [-0.15, -0.1) is 0 Å². The van der Waals surface area contributed by atoms with Crippen molar-refractivity contribution in [2.75, 3.05) is 7.11 Å². The molecule has 1 unspecified atom stereocenters. The summed E-state index contributed by atoms with van der Waals surface area (Å²) in [6, 6.07) is 0.837. The summed E-state index contributed by atoms with van der Waals surface area (Å²) < 4.78 is 27.8. The van der Waals surface area contributed by atoms with E-state index in [9.17, 15) is 23.8 Å². The molecule has 1 aromatic heterocycles. The van der Waals surface area contributed by atoms with Gasteiger partial charge < -0.3 is 18.9 Å². The molecule has 2 N–H and O–H groups in total. The lowest BCUT2D eigenvalue weighted by atomic mass is 10.2. The number of carbonyl (C=O) groups is 1. The lowest BCUT2D eigenvalue weighted by molar-refractivity contribution is -0.0172. The molecule has 3 atom stereocenters. The number of allylic oxidation sites excluding steroid dienone is 1. The van der Waals surface area contributed by atoms with Gasteiger partial charge in [0.05, 0.1) is 19.3 Å². The van der Waals surface area contributed by atoms with Gasteiger partial charge in [0.15, 0.2) is 5.34 Å². The number of nitrogens with zero attached hydrogens (tertiary/aromatic N) is 1. The summed E-state index contributed by atoms with van der Waals surface area (Å²) >= 11 is 0. The molecular weight excluding hydrogens is 355 g/mol. The topological polar surface area (TPSA) is 137 Å². The van der Waals surface area contributed by atoms with Crippen molar-refractivity contribution in [3.8, 4) is 0 Å². The first kappa shape index (κ1) is 19.2. The predicted octanol–water partition coefficient (Wildman–Crippen LogP) is 1.13. The number of H-pyrrole nitrogens is 1. The molecule has 0 saturated heterocycles. The molecule has 0 spiro atoms. The van der Waals surface area contributed by atoms with E-state index in [-0.39, 0.29) is 6.04 Å². The van der Waals surface area contributed by atoms with Crippen LogP contribution in [0.3, 0.4) is 0 Å². The molecule has 2 rings (SSSR count). The summed E-state index contributed by atoms with van der Waals surface area (Å²) in [4.78, 5) is 46.1. The monoisotopic (exact) mass is 374 g/mol. The smallest absolute Gasteiger partial charge is 0.437 e. The molecule has 25 heavy (non-hydrogen) atoms. The first-order valence-corrected chi connectivity index (χ1v) is 8.91. The van der Waals surface area contributed by atoms with Crippen molar-refractivity contribution in [1.29, 1.82) is 0 Å². The van der Waals surface area contributed by atoms with Crippen LogP contribution in [0.1, 0.15) is 26.3 Å². The van der Waals surface area contributed by atoms with Gasteiger partial charge in [-0.3, -0.25) is 14.3 Å². The van der Waals surface area contributed by atoms with Crippen molar-refractivity contribution < 1.29 is 28.3 Å². The molecule has 1 aliphatic carbocycles. The van der Waals surface area contributed by atoms with Crippen LogP contribution < -0.4 is 11.2 Å². The highest BCUT2D eigenvalue weighted by Gasteiger charge is 2.47. The van der Waals surface area contributed by atoms with Gasteiger partial charge in [0.25, 0.3) is 5.56 Å². The van der Waals surface area contributed by atoms with E-state index in [1.165, 1.54) is 30.7 Å². The Bertz CT molecular complexity index is 840. The quantitative estimate of drug-likeness (QED) is 0.444. The number of aromatic amines is 1. The number of carbonyl (C=O) groups excluding carboxylic acids is 1. The van der Waals surface area contributed by atoms with Crippen molar-refractivity contribution in [3.63, 3.8) is 0 Å². The van der Waals surface area contributed by atoms with Crippen LogP contribution in [0.25, 0.3) is 0 Å². The van der Waals surface area contributed by atoms with Crippen LogP contribution in [0, 0.1) is 0 Å². The molecule has 0 bridgehead atoms. The number of rotatable bonds is 5. The Kier molecular flexibility index (Phi) is 5.36. The van der Waals surface area contributed by atoms with Crippen molar-refractivity contribution in [2.24, 2.45) is 0 Å². The van der Waals surface area contributed by atoms with E-state index in [4.69, 9.17) is 4.74 Å². The lowest BCUT2D eigenvalue weighted by Gasteiger charge is -2.31. The first-order valence-electron chi connectivity index (χ1n) is 7.34.